The molecule has 0 aromatic carbocycles. The lowest BCUT2D eigenvalue weighted by Crippen LogP contribution is -2.16. The highest BCUT2D eigenvalue weighted by atomic mass is 31.1. The van der Waals surface area contributed by atoms with Gasteiger partial charge in [0.05, 0.1) is 0 Å². The summed E-state index contributed by atoms with van der Waals surface area (Å²) in [6, 6.07) is 0. The second kappa shape index (κ2) is 18.3. The number of rotatable bonds is 18. The second-order valence-electron chi connectivity index (χ2n) is 6.58. The van der Waals surface area contributed by atoms with Gasteiger partial charge in [-0.05, 0) is 20.5 Å². The molecule has 0 rings (SSSR count). The summed E-state index contributed by atoms with van der Waals surface area (Å²) < 4.78 is 21.7. The summed E-state index contributed by atoms with van der Waals surface area (Å²) >= 11 is 0. The Morgan fingerprint density at radius 1 is 0.696 bits per heavy atom. The van der Waals surface area contributed by atoms with E-state index in [9.17, 15) is 4.57 Å². The van der Waals surface area contributed by atoms with Crippen LogP contribution in [0.2, 0.25) is 0 Å². The van der Waals surface area contributed by atoms with Crippen molar-refractivity contribution in [1.82, 2.24) is 4.90 Å². The third kappa shape index (κ3) is 19.9. The van der Waals surface area contributed by atoms with Crippen LogP contribution in [0.1, 0.15) is 84.0 Å². The normalized spacial score (nSPS) is 12.1. The zero-order valence-corrected chi connectivity index (χ0v) is 16.6. The lowest BCUT2D eigenvalue weighted by atomic mass is 10.1. The molecule has 1 atom stereocenters. The van der Waals surface area contributed by atoms with Crippen molar-refractivity contribution < 1.29 is 13.6 Å². The van der Waals surface area contributed by atoms with E-state index in [1.807, 2.05) is 19.0 Å². The molecule has 0 amide bonds. The van der Waals surface area contributed by atoms with E-state index in [0.717, 1.165) is 19.4 Å². The molecule has 0 bridgehead atoms. The van der Waals surface area contributed by atoms with E-state index in [4.69, 9.17) is 9.05 Å². The number of nitrogens with zero attached hydrogens (tertiary/aromatic N) is 1. The van der Waals surface area contributed by atoms with Crippen LogP contribution in [0, 0.1) is 0 Å². The summed E-state index contributed by atoms with van der Waals surface area (Å²) in [5.74, 6) is 0. The molecule has 1 unspecified atom stereocenters. The first kappa shape index (κ1) is 23.0. The molecule has 0 aromatic heterocycles. The highest BCUT2D eigenvalue weighted by molar-refractivity contribution is 7.33. The number of hydrogen-bond acceptors (Lipinski definition) is 4. The van der Waals surface area contributed by atoms with Gasteiger partial charge in [-0.15, -0.1) is 9.05 Å². The van der Waals surface area contributed by atoms with Crippen molar-refractivity contribution >= 4 is 8.25 Å². The van der Waals surface area contributed by atoms with Crippen molar-refractivity contribution in [2.45, 2.75) is 84.0 Å². The Morgan fingerprint density at radius 3 is 1.61 bits per heavy atom. The average Bonchev–Trinajstić information content (AvgIpc) is 2.51. The van der Waals surface area contributed by atoms with Crippen molar-refractivity contribution in [3.8, 4) is 0 Å². The third-order valence-corrected chi connectivity index (χ3v) is 4.72. The number of unbranched alkanes of at least 4 members (excludes halogenated alkanes) is 11. The fraction of sp³-hybridized carbons (Fsp3) is 1.00. The van der Waals surface area contributed by atoms with E-state index >= 15 is 0 Å². The maximum Gasteiger partial charge on any atom is 0.697 e. The molecule has 0 fully saturated rings. The number of hydrogen-bond donors (Lipinski definition) is 0. The Kier molecular flexibility index (Phi) is 18.3. The number of likely N-dealkylation sites (N-methyl/N-ethyl adjacent to an activating group) is 1. The molecule has 0 spiro atoms. The Bertz CT molecular complexity index is 263. The van der Waals surface area contributed by atoms with Gasteiger partial charge in [0, 0.05) is 11.1 Å². The molecule has 0 heterocycles. The minimum atomic E-state index is -1.93. The van der Waals surface area contributed by atoms with Gasteiger partial charge in [-0.3, -0.25) is 0 Å². The van der Waals surface area contributed by atoms with Gasteiger partial charge in [-0.25, -0.2) is 0 Å². The molecule has 0 saturated carbocycles. The van der Waals surface area contributed by atoms with Gasteiger partial charge in [0.15, 0.2) is 0 Å². The smallest absolute Gasteiger partial charge is 0.307 e. The Morgan fingerprint density at radius 2 is 1.13 bits per heavy atom. The standard InChI is InChI=1S/C18H39NO3P/c1-4-5-6-7-8-9-10-11-12-13-14-15-17-21-23(20)22-18-16-19(2)3/h4-18H2,1-3H3/q+1. The largest absolute Gasteiger partial charge is 0.697 e. The van der Waals surface area contributed by atoms with Crippen LogP contribution in [0.4, 0.5) is 0 Å². The van der Waals surface area contributed by atoms with Crippen LogP contribution in [0.25, 0.3) is 0 Å². The van der Waals surface area contributed by atoms with Crippen molar-refractivity contribution in [1.29, 1.82) is 0 Å². The predicted molar refractivity (Wildman–Crippen MR) is 99.1 cm³/mol. The summed E-state index contributed by atoms with van der Waals surface area (Å²) in [4.78, 5) is 1.99. The maximum absolute atomic E-state index is 11.4. The first-order valence-electron chi connectivity index (χ1n) is 9.54. The minimum absolute atomic E-state index is 0.459. The summed E-state index contributed by atoms with van der Waals surface area (Å²) in [6.07, 6.45) is 15.8. The summed E-state index contributed by atoms with van der Waals surface area (Å²) in [5, 5.41) is 0. The summed E-state index contributed by atoms with van der Waals surface area (Å²) in [7, 11) is 2.00. The van der Waals surface area contributed by atoms with E-state index in [1.54, 1.807) is 0 Å². The molecule has 0 N–H and O–H groups in total. The van der Waals surface area contributed by atoms with Crippen LogP contribution in [-0.4, -0.2) is 38.8 Å². The van der Waals surface area contributed by atoms with Crippen LogP contribution >= 0.6 is 8.25 Å². The monoisotopic (exact) mass is 348 g/mol. The highest BCUT2D eigenvalue weighted by Gasteiger charge is 2.19. The summed E-state index contributed by atoms with van der Waals surface area (Å²) in [6.45, 7) is 4.04. The Hall–Kier alpha value is -0.0200. The molecule has 5 heteroatoms. The average molecular weight is 348 g/mol. The van der Waals surface area contributed by atoms with Gasteiger partial charge in [0.1, 0.15) is 13.2 Å². The first-order chi connectivity index (χ1) is 11.2. The van der Waals surface area contributed by atoms with Crippen molar-refractivity contribution in [2.24, 2.45) is 0 Å². The quantitative estimate of drug-likeness (QED) is 0.227. The predicted octanol–water partition coefficient (Wildman–Crippen LogP) is 5.94. The maximum atomic E-state index is 11.4. The van der Waals surface area contributed by atoms with Gasteiger partial charge in [-0.2, -0.15) is 0 Å². The van der Waals surface area contributed by atoms with Gasteiger partial charge in [-0.1, -0.05) is 77.6 Å². The first-order valence-corrected chi connectivity index (χ1v) is 10.6. The van der Waals surface area contributed by atoms with E-state index in [2.05, 4.69) is 6.92 Å². The van der Waals surface area contributed by atoms with Crippen LogP contribution in [0.15, 0.2) is 0 Å². The molecule has 0 radical (unpaired) electrons. The van der Waals surface area contributed by atoms with E-state index in [-0.39, 0.29) is 0 Å². The topological polar surface area (TPSA) is 38.8 Å². The van der Waals surface area contributed by atoms with Gasteiger partial charge >= 0.3 is 8.25 Å². The lowest BCUT2D eigenvalue weighted by Gasteiger charge is -2.04. The SMILES string of the molecule is CCCCCCCCCCCCCCO[P+](=O)OCCN(C)C. The third-order valence-electron chi connectivity index (χ3n) is 3.93. The van der Waals surface area contributed by atoms with Crippen molar-refractivity contribution in [3.05, 3.63) is 0 Å². The molecular formula is C18H39NO3P+. The molecule has 23 heavy (non-hydrogen) atoms. The Balaban J connectivity index is 3.11. The van der Waals surface area contributed by atoms with Crippen LogP contribution in [0.5, 0.6) is 0 Å². The van der Waals surface area contributed by atoms with Crippen LogP contribution in [-0.2, 0) is 13.6 Å². The zero-order valence-electron chi connectivity index (χ0n) is 15.7. The Labute approximate surface area is 145 Å². The van der Waals surface area contributed by atoms with E-state index in [1.165, 1.54) is 64.2 Å². The lowest BCUT2D eigenvalue weighted by molar-refractivity contribution is 0.205. The fourth-order valence-corrected chi connectivity index (χ4v) is 3.00. The van der Waals surface area contributed by atoms with Crippen molar-refractivity contribution in [3.63, 3.8) is 0 Å². The molecule has 4 nitrogen and oxygen atoms in total. The highest BCUT2D eigenvalue weighted by Crippen LogP contribution is 2.23. The van der Waals surface area contributed by atoms with Gasteiger partial charge < -0.3 is 4.90 Å². The van der Waals surface area contributed by atoms with Gasteiger partial charge in [0.25, 0.3) is 0 Å². The van der Waals surface area contributed by atoms with Crippen molar-refractivity contribution in [2.75, 3.05) is 33.9 Å². The molecule has 0 aliphatic rings. The van der Waals surface area contributed by atoms with E-state index in [0.29, 0.717) is 13.2 Å². The molecule has 0 aliphatic heterocycles. The van der Waals surface area contributed by atoms with Crippen LogP contribution in [0.3, 0.4) is 0 Å². The second-order valence-corrected chi connectivity index (χ2v) is 7.55. The molecular weight excluding hydrogens is 309 g/mol. The molecule has 0 aliphatic carbocycles. The minimum Gasteiger partial charge on any atom is -0.307 e. The van der Waals surface area contributed by atoms with Gasteiger partial charge in [0.2, 0.25) is 0 Å². The fourth-order valence-electron chi connectivity index (χ4n) is 2.42. The molecule has 0 aromatic rings. The van der Waals surface area contributed by atoms with E-state index < -0.39 is 8.25 Å². The molecule has 0 saturated heterocycles. The zero-order chi connectivity index (χ0) is 17.2. The van der Waals surface area contributed by atoms with Crippen LogP contribution < -0.4 is 0 Å². The molecule has 138 valence electrons. The summed E-state index contributed by atoms with van der Waals surface area (Å²) in [5.41, 5.74) is 0.